The molecule has 0 saturated heterocycles. The summed E-state index contributed by atoms with van der Waals surface area (Å²) in [6, 6.07) is 2.06. The SMILES string of the molecule is CCOC(=O)c1c(CS(=O)Cc2cscn2)n(C2CC2)c2cc(Br)c(O)c(Cn3ccnc3C)c12.Cl.Cl. The Hall–Kier alpha value is -1.92. The van der Waals surface area contributed by atoms with Crippen molar-refractivity contribution in [2.24, 2.45) is 0 Å². The standard InChI is InChI=1S/C24H25BrN4O4S2.2ClH/c1-3-33-24(31)22-20(12-35(32)11-15-10-34-13-27-15)29(16-4-5-16)19-8-18(25)23(30)17(21(19)22)9-28-7-6-26-14(28)2;;/h6-8,10,13,16,30H,3-5,9,11-12H2,1-2H3;2*1H. The molecule has 1 atom stereocenters. The third-order valence-corrected chi connectivity index (χ3v) is 8.61. The molecule has 13 heteroatoms. The van der Waals surface area contributed by atoms with E-state index in [0.29, 0.717) is 39.0 Å². The van der Waals surface area contributed by atoms with Gasteiger partial charge in [0.15, 0.2) is 0 Å². The molecule has 1 aromatic carbocycles. The number of fused-ring (bicyclic) bond motifs is 1. The molecule has 0 radical (unpaired) electrons. The van der Waals surface area contributed by atoms with Gasteiger partial charge in [0.25, 0.3) is 0 Å². The lowest BCUT2D eigenvalue weighted by atomic mass is 10.0. The summed E-state index contributed by atoms with van der Waals surface area (Å²) in [5, 5.41) is 13.7. The maximum atomic E-state index is 13.4. The van der Waals surface area contributed by atoms with Crippen LogP contribution in [-0.4, -0.2) is 41.0 Å². The van der Waals surface area contributed by atoms with Gasteiger partial charge in [-0.05, 0) is 48.7 Å². The molecule has 4 aromatic rings. The molecule has 0 aliphatic heterocycles. The van der Waals surface area contributed by atoms with Crippen molar-refractivity contribution in [3.63, 3.8) is 0 Å². The van der Waals surface area contributed by atoms with E-state index < -0.39 is 16.8 Å². The number of aromatic nitrogens is 4. The Morgan fingerprint density at radius 1 is 1.30 bits per heavy atom. The molecule has 1 N–H and O–H groups in total. The van der Waals surface area contributed by atoms with E-state index in [-0.39, 0.29) is 49.0 Å². The first-order valence-corrected chi connectivity index (χ1v) is 14.5. The first-order valence-electron chi connectivity index (χ1n) is 11.3. The van der Waals surface area contributed by atoms with Crippen LogP contribution < -0.4 is 0 Å². The molecule has 200 valence electrons. The summed E-state index contributed by atoms with van der Waals surface area (Å²) in [7, 11) is -1.28. The number of thiazole rings is 1. The van der Waals surface area contributed by atoms with Crippen LogP contribution in [0.2, 0.25) is 0 Å². The summed E-state index contributed by atoms with van der Waals surface area (Å²) in [5.74, 6) is 0.899. The molecule has 1 aliphatic carbocycles. The zero-order valence-electron chi connectivity index (χ0n) is 20.2. The number of rotatable bonds is 9. The maximum Gasteiger partial charge on any atom is 0.340 e. The molecular formula is C24H27BrCl2N4O4S2. The van der Waals surface area contributed by atoms with E-state index in [4.69, 9.17) is 4.74 Å². The van der Waals surface area contributed by atoms with Gasteiger partial charge in [-0.25, -0.2) is 14.8 Å². The number of halogens is 3. The van der Waals surface area contributed by atoms with Crippen LogP contribution in [0, 0.1) is 6.92 Å². The number of carbonyl (C=O) groups is 1. The van der Waals surface area contributed by atoms with Crippen LogP contribution in [0.15, 0.2) is 33.8 Å². The highest BCUT2D eigenvalue weighted by Gasteiger charge is 2.35. The second-order valence-corrected chi connectivity index (χ2v) is 11.6. The van der Waals surface area contributed by atoms with Gasteiger partial charge in [0, 0.05) is 51.3 Å². The Bertz CT molecular complexity index is 1430. The summed E-state index contributed by atoms with van der Waals surface area (Å²) >= 11 is 4.98. The fourth-order valence-electron chi connectivity index (χ4n) is 4.44. The highest BCUT2D eigenvalue weighted by Crippen LogP contribution is 2.46. The van der Waals surface area contributed by atoms with Gasteiger partial charge in [-0.3, -0.25) is 4.21 Å². The third-order valence-electron chi connectivity index (χ3n) is 6.16. The Morgan fingerprint density at radius 2 is 2.05 bits per heavy atom. The van der Waals surface area contributed by atoms with E-state index in [9.17, 15) is 14.1 Å². The van der Waals surface area contributed by atoms with E-state index in [0.717, 1.165) is 29.9 Å². The van der Waals surface area contributed by atoms with E-state index >= 15 is 0 Å². The molecule has 0 bridgehead atoms. The summed E-state index contributed by atoms with van der Waals surface area (Å²) in [5.41, 5.74) is 5.00. The van der Waals surface area contributed by atoms with Crippen LogP contribution in [0.3, 0.4) is 0 Å². The molecule has 0 spiro atoms. The number of benzene rings is 1. The van der Waals surface area contributed by atoms with E-state index in [1.54, 1.807) is 18.6 Å². The van der Waals surface area contributed by atoms with Gasteiger partial charge < -0.3 is 19.0 Å². The smallest absolute Gasteiger partial charge is 0.340 e. The Labute approximate surface area is 241 Å². The number of phenols is 1. The molecule has 1 aliphatic rings. The normalized spacial score (nSPS) is 13.7. The van der Waals surface area contributed by atoms with Gasteiger partial charge in [-0.2, -0.15) is 0 Å². The minimum Gasteiger partial charge on any atom is -0.506 e. The number of aromatic hydroxyl groups is 1. The second-order valence-electron chi connectivity index (χ2n) is 8.53. The van der Waals surface area contributed by atoms with Crippen LogP contribution in [0.4, 0.5) is 0 Å². The molecule has 1 saturated carbocycles. The number of esters is 1. The predicted molar refractivity (Wildman–Crippen MR) is 154 cm³/mol. The fourth-order valence-corrected chi connectivity index (χ4v) is 6.74. The number of hydrogen-bond donors (Lipinski definition) is 1. The minimum atomic E-state index is -1.28. The number of ether oxygens (including phenoxy) is 1. The van der Waals surface area contributed by atoms with Crippen LogP contribution in [0.25, 0.3) is 10.9 Å². The highest BCUT2D eigenvalue weighted by molar-refractivity contribution is 9.10. The van der Waals surface area contributed by atoms with Gasteiger partial charge in [-0.1, -0.05) is 0 Å². The van der Waals surface area contributed by atoms with Crippen molar-refractivity contribution < 1.29 is 18.8 Å². The van der Waals surface area contributed by atoms with Crippen molar-refractivity contribution in [3.8, 4) is 5.75 Å². The van der Waals surface area contributed by atoms with Crippen molar-refractivity contribution in [1.82, 2.24) is 19.1 Å². The van der Waals surface area contributed by atoms with Crippen molar-refractivity contribution in [3.05, 3.63) is 62.2 Å². The molecule has 1 fully saturated rings. The molecule has 8 nitrogen and oxygen atoms in total. The molecule has 1 unspecified atom stereocenters. The van der Waals surface area contributed by atoms with E-state index in [2.05, 4.69) is 30.5 Å². The summed E-state index contributed by atoms with van der Waals surface area (Å²) in [6.07, 6.45) is 5.50. The van der Waals surface area contributed by atoms with Crippen molar-refractivity contribution in [2.75, 3.05) is 6.61 Å². The number of nitrogens with zero attached hydrogens (tertiary/aromatic N) is 4. The Morgan fingerprint density at radius 3 is 2.65 bits per heavy atom. The molecule has 5 rings (SSSR count). The van der Waals surface area contributed by atoms with Crippen molar-refractivity contribution >= 4 is 79.8 Å². The van der Waals surface area contributed by atoms with E-state index in [1.807, 2.05) is 29.1 Å². The monoisotopic (exact) mass is 648 g/mol. The van der Waals surface area contributed by atoms with Gasteiger partial charge in [0.05, 0.1) is 51.4 Å². The lowest BCUT2D eigenvalue weighted by Crippen LogP contribution is -2.13. The van der Waals surface area contributed by atoms with Crippen molar-refractivity contribution in [1.29, 1.82) is 0 Å². The van der Waals surface area contributed by atoms with Crippen LogP contribution in [0.5, 0.6) is 5.75 Å². The quantitative estimate of drug-likeness (QED) is 0.226. The molecule has 37 heavy (non-hydrogen) atoms. The van der Waals surface area contributed by atoms with Gasteiger partial charge in [0.1, 0.15) is 11.6 Å². The first-order chi connectivity index (χ1) is 16.9. The number of hydrogen-bond acceptors (Lipinski definition) is 7. The lowest BCUT2D eigenvalue weighted by Gasteiger charge is -2.13. The molecule has 0 amide bonds. The molecule has 3 heterocycles. The molecule has 3 aromatic heterocycles. The number of imidazole rings is 1. The fraction of sp³-hybridized carbons (Fsp3) is 0.375. The lowest BCUT2D eigenvalue weighted by molar-refractivity contribution is 0.0527. The topological polar surface area (TPSA) is 99.2 Å². The van der Waals surface area contributed by atoms with E-state index in [1.165, 1.54) is 11.3 Å². The van der Waals surface area contributed by atoms with Crippen LogP contribution in [-0.2, 0) is 33.6 Å². The third kappa shape index (κ3) is 5.90. The average molecular weight is 650 g/mol. The van der Waals surface area contributed by atoms with Crippen LogP contribution >= 0.6 is 52.1 Å². The number of aryl methyl sites for hydroxylation is 1. The Kier molecular flexibility index (Phi) is 9.85. The molecular weight excluding hydrogens is 623 g/mol. The second kappa shape index (κ2) is 12.3. The zero-order chi connectivity index (χ0) is 24.7. The van der Waals surface area contributed by atoms with Gasteiger partial charge in [-0.15, -0.1) is 36.2 Å². The first kappa shape index (κ1) is 29.6. The summed E-state index contributed by atoms with van der Waals surface area (Å²) in [4.78, 5) is 22.0. The predicted octanol–water partition coefficient (Wildman–Crippen LogP) is 5.92. The number of phenolic OH excluding ortho intramolecular Hbond substituents is 1. The minimum absolute atomic E-state index is 0. The van der Waals surface area contributed by atoms with Crippen LogP contribution in [0.1, 0.15) is 58.9 Å². The largest absolute Gasteiger partial charge is 0.506 e. The summed E-state index contributed by atoms with van der Waals surface area (Å²) < 4.78 is 23.3. The highest BCUT2D eigenvalue weighted by atomic mass is 79.9. The van der Waals surface area contributed by atoms with Gasteiger partial charge >= 0.3 is 5.97 Å². The van der Waals surface area contributed by atoms with Gasteiger partial charge in [0.2, 0.25) is 0 Å². The maximum absolute atomic E-state index is 13.4. The summed E-state index contributed by atoms with van der Waals surface area (Å²) in [6.45, 7) is 4.20. The average Bonchev–Trinajstić information content (AvgIpc) is 3.20. The zero-order valence-corrected chi connectivity index (χ0v) is 25.0. The Balaban J connectivity index is 0.00000190. The van der Waals surface area contributed by atoms with Crippen molar-refractivity contribution in [2.45, 2.75) is 50.8 Å². The number of carbonyl (C=O) groups excluding carboxylic acids is 1.